The number of methoxy groups -OCH3 is 2. The van der Waals surface area contributed by atoms with Crippen LogP contribution in [0.3, 0.4) is 0 Å². The number of nitrogens with zero attached hydrogens (tertiary/aromatic N) is 1. The second kappa shape index (κ2) is 6.69. The van der Waals surface area contributed by atoms with Crippen molar-refractivity contribution in [1.29, 1.82) is 0 Å². The number of hydrogen-bond acceptors (Lipinski definition) is 5. The molecule has 8 nitrogen and oxygen atoms in total. The van der Waals surface area contributed by atoms with E-state index in [-0.39, 0.29) is 5.70 Å². The van der Waals surface area contributed by atoms with E-state index in [1.807, 2.05) is 0 Å². The summed E-state index contributed by atoms with van der Waals surface area (Å²) in [6.07, 6.45) is 1.40. The van der Waals surface area contributed by atoms with Gasteiger partial charge < -0.3 is 19.9 Å². The van der Waals surface area contributed by atoms with E-state index in [0.717, 1.165) is 0 Å². The van der Waals surface area contributed by atoms with E-state index in [1.54, 1.807) is 12.1 Å². The second-order valence-corrected chi connectivity index (χ2v) is 5.42. The Morgan fingerprint density at radius 1 is 1.35 bits per heavy atom. The molecule has 1 aliphatic rings. The number of urea groups is 1. The van der Waals surface area contributed by atoms with Gasteiger partial charge in [0.2, 0.25) is 0 Å². The van der Waals surface area contributed by atoms with Crippen molar-refractivity contribution in [2.24, 2.45) is 0 Å². The van der Waals surface area contributed by atoms with Gasteiger partial charge >= 0.3 is 12.0 Å². The number of benzene rings is 1. The van der Waals surface area contributed by atoms with Crippen molar-refractivity contribution >= 4 is 39.9 Å². The van der Waals surface area contributed by atoms with E-state index >= 15 is 0 Å². The molecule has 0 saturated carbocycles. The Morgan fingerprint density at radius 2 is 2.04 bits per heavy atom. The minimum atomic E-state index is -1.28. The lowest BCUT2D eigenvalue weighted by Crippen LogP contribution is -2.35. The third kappa shape index (κ3) is 3.45. The molecule has 1 fully saturated rings. The molecule has 1 aromatic carbocycles. The lowest BCUT2D eigenvalue weighted by Gasteiger charge is -2.11. The monoisotopic (exact) mass is 384 g/mol. The molecule has 2 N–H and O–H groups in total. The summed E-state index contributed by atoms with van der Waals surface area (Å²) in [4.78, 5) is 35.1. The summed E-state index contributed by atoms with van der Waals surface area (Å²) in [5.41, 5.74) is 0.439. The van der Waals surface area contributed by atoms with Crippen molar-refractivity contribution in [2.45, 2.75) is 0 Å². The highest BCUT2D eigenvalue weighted by Crippen LogP contribution is 2.36. The maximum absolute atomic E-state index is 12.1. The van der Waals surface area contributed by atoms with Crippen LogP contribution in [0.1, 0.15) is 5.56 Å². The van der Waals surface area contributed by atoms with Gasteiger partial charge in [0.1, 0.15) is 12.2 Å². The topological polar surface area (TPSA) is 105 Å². The van der Waals surface area contributed by atoms with Crippen molar-refractivity contribution in [3.8, 4) is 11.5 Å². The molecule has 0 atom stereocenters. The van der Waals surface area contributed by atoms with Crippen LogP contribution in [0, 0.1) is 0 Å². The molecule has 1 aliphatic heterocycles. The highest BCUT2D eigenvalue weighted by Gasteiger charge is 2.35. The fourth-order valence-electron chi connectivity index (χ4n) is 2.07. The molecule has 3 amide bonds. The number of carboxylic acids is 1. The van der Waals surface area contributed by atoms with Crippen molar-refractivity contribution in [3.63, 3.8) is 0 Å². The number of hydrogen-bond donors (Lipinski definition) is 2. The number of rotatable bonds is 5. The quantitative estimate of drug-likeness (QED) is 0.587. The summed E-state index contributed by atoms with van der Waals surface area (Å²) in [5, 5.41) is 11.1. The summed E-state index contributed by atoms with van der Waals surface area (Å²) in [7, 11) is 2.91. The molecule has 0 aliphatic carbocycles. The van der Waals surface area contributed by atoms with Crippen LogP contribution in [0.5, 0.6) is 11.5 Å². The van der Waals surface area contributed by atoms with Gasteiger partial charge in [0.05, 0.1) is 14.2 Å². The number of halogens is 1. The first-order valence-electron chi connectivity index (χ1n) is 6.35. The summed E-state index contributed by atoms with van der Waals surface area (Å²) >= 11 is 3.31. The minimum Gasteiger partial charge on any atom is -0.493 e. The largest absolute Gasteiger partial charge is 0.493 e. The highest BCUT2D eigenvalue weighted by atomic mass is 79.9. The Labute approximate surface area is 139 Å². The fraction of sp³-hybridized carbons (Fsp3) is 0.214. The van der Waals surface area contributed by atoms with Gasteiger partial charge in [-0.2, -0.15) is 0 Å². The SMILES string of the molecule is COc1cc(Br)cc(/C=C2/NC(=O)N(CC(=O)O)C2=O)c1OC. The first-order chi connectivity index (χ1) is 10.9. The molecule has 0 spiro atoms. The van der Waals surface area contributed by atoms with Gasteiger partial charge in [-0.15, -0.1) is 0 Å². The third-order valence-electron chi connectivity index (χ3n) is 3.03. The number of carboxylic acid groups (broad SMARTS) is 1. The number of nitrogens with one attached hydrogen (secondary N) is 1. The number of imide groups is 1. The maximum atomic E-state index is 12.1. The van der Waals surface area contributed by atoms with E-state index in [4.69, 9.17) is 14.6 Å². The van der Waals surface area contributed by atoms with E-state index < -0.39 is 24.5 Å². The predicted molar refractivity (Wildman–Crippen MR) is 83.1 cm³/mol. The van der Waals surface area contributed by atoms with E-state index in [2.05, 4.69) is 21.2 Å². The third-order valence-corrected chi connectivity index (χ3v) is 3.49. The van der Waals surface area contributed by atoms with Crippen molar-refractivity contribution in [1.82, 2.24) is 10.2 Å². The van der Waals surface area contributed by atoms with Gasteiger partial charge in [-0.25, -0.2) is 9.69 Å². The maximum Gasteiger partial charge on any atom is 0.329 e. The van der Waals surface area contributed by atoms with Gasteiger partial charge in [0, 0.05) is 10.0 Å². The minimum absolute atomic E-state index is 0.0466. The van der Waals surface area contributed by atoms with Crippen molar-refractivity contribution in [2.75, 3.05) is 20.8 Å². The van der Waals surface area contributed by atoms with Gasteiger partial charge in [0.15, 0.2) is 11.5 Å². The van der Waals surface area contributed by atoms with Crippen LogP contribution in [0.4, 0.5) is 4.79 Å². The molecule has 1 aromatic rings. The first kappa shape index (κ1) is 16.8. The highest BCUT2D eigenvalue weighted by molar-refractivity contribution is 9.10. The predicted octanol–water partition coefficient (Wildman–Crippen LogP) is 1.44. The summed E-state index contributed by atoms with van der Waals surface area (Å²) in [6, 6.07) is 2.57. The Balaban J connectivity index is 2.43. The summed E-state index contributed by atoms with van der Waals surface area (Å²) < 4.78 is 11.1. The number of aliphatic carboxylic acids is 1. The van der Waals surface area contributed by atoms with Crippen LogP contribution >= 0.6 is 15.9 Å². The molecule has 1 saturated heterocycles. The smallest absolute Gasteiger partial charge is 0.329 e. The van der Waals surface area contributed by atoms with Crippen LogP contribution in [0.2, 0.25) is 0 Å². The summed E-state index contributed by atoms with van der Waals surface area (Å²) in [6.45, 7) is -0.707. The molecule has 0 radical (unpaired) electrons. The van der Waals surface area contributed by atoms with Gasteiger partial charge in [0.25, 0.3) is 5.91 Å². The fourth-order valence-corrected chi connectivity index (χ4v) is 2.53. The zero-order valence-corrected chi connectivity index (χ0v) is 13.8. The number of ether oxygens (including phenoxy) is 2. The molecular weight excluding hydrogens is 372 g/mol. The molecule has 0 bridgehead atoms. The van der Waals surface area contributed by atoms with E-state index in [0.29, 0.717) is 26.4 Å². The Hall–Kier alpha value is -2.55. The van der Waals surface area contributed by atoms with Crippen LogP contribution in [0.25, 0.3) is 6.08 Å². The molecule has 0 unspecified atom stereocenters. The van der Waals surface area contributed by atoms with Crippen LogP contribution in [-0.4, -0.2) is 48.7 Å². The Morgan fingerprint density at radius 3 is 2.61 bits per heavy atom. The van der Waals surface area contributed by atoms with Crippen molar-refractivity contribution < 1.29 is 29.0 Å². The molecule has 9 heteroatoms. The van der Waals surface area contributed by atoms with Crippen LogP contribution in [0.15, 0.2) is 22.3 Å². The zero-order valence-electron chi connectivity index (χ0n) is 12.3. The molecule has 122 valence electrons. The second-order valence-electron chi connectivity index (χ2n) is 4.50. The standard InChI is InChI=1S/C14H13BrN2O6/c1-22-10-5-8(15)3-7(12(10)23-2)4-9-13(20)17(6-11(18)19)14(21)16-9/h3-5H,6H2,1-2H3,(H,16,21)(H,18,19)/b9-4+. The van der Waals surface area contributed by atoms with Crippen LogP contribution < -0.4 is 14.8 Å². The lowest BCUT2D eigenvalue weighted by molar-refractivity contribution is -0.140. The first-order valence-corrected chi connectivity index (χ1v) is 7.14. The zero-order chi connectivity index (χ0) is 17.1. The van der Waals surface area contributed by atoms with Gasteiger partial charge in [-0.05, 0) is 18.2 Å². The molecule has 23 heavy (non-hydrogen) atoms. The summed E-state index contributed by atoms with van der Waals surface area (Å²) in [5.74, 6) is -1.19. The number of amides is 3. The van der Waals surface area contributed by atoms with Gasteiger partial charge in [-0.3, -0.25) is 9.59 Å². The van der Waals surface area contributed by atoms with Crippen molar-refractivity contribution in [3.05, 3.63) is 27.9 Å². The Bertz CT molecular complexity index is 715. The molecular formula is C14H13BrN2O6. The lowest BCUT2D eigenvalue weighted by atomic mass is 10.1. The average molecular weight is 385 g/mol. The van der Waals surface area contributed by atoms with E-state index in [1.165, 1.54) is 20.3 Å². The average Bonchev–Trinajstić information content (AvgIpc) is 2.74. The van der Waals surface area contributed by atoms with Gasteiger partial charge in [-0.1, -0.05) is 15.9 Å². The molecule has 0 aromatic heterocycles. The number of carbonyl (C=O) groups is 3. The molecule has 1 heterocycles. The van der Waals surface area contributed by atoms with E-state index in [9.17, 15) is 14.4 Å². The normalized spacial score (nSPS) is 15.8. The van der Waals surface area contributed by atoms with Crippen LogP contribution in [-0.2, 0) is 9.59 Å². The Kier molecular flexibility index (Phi) is 4.89. The molecule has 2 rings (SSSR count). The number of carbonyl (C=O) groups excluding carboxylic acids is 2.